The molecule has 1 amide bonds. The van der Waals surface area contributed by atoms with Gasteiger partial charge >= 0.3 is 0 Å². The number of nitriles is 1. The molecule has 1 N–H and O–H groups in total. The van der Waals surface area contributed by atoms with E-state index >= 15 is 0 Å². The number of carbonyl (C=O) groups excluding carboxylic acids is 1. The zero-order chi connectivity index (χ0) is 16.7. The fourth-order valence-corrected chi connectivity index (χ4v) is 4.55. The van der Waals surface area contributed by atoms with Gasteiger partial charge in [0, 0.05) is 17.0 Å². The summed E-state index contributed by atoms with van der Waals surface area (Å²) < 4.78 is 5.75. The minimum atomic E-state index is -0.112. The molecule has 0 aromatic heterocycles. The molecule has 0 saturated carbocycles. The van der Waals surface area contributed by atoms with Crippen LogP contribution in [0, 0.1) is 17.4 Å². The van der Waals surface area contributed by atoms with Crippen molar-refractivity contribution in [2.24, 2.45) is 5.92 Å². The quantitative estimate of drug-likeness (QED) is 0.836. The smallest absolute Gasteiger partial charge is 0.223 e. The zero-order valence-corrected chi connectivity index (χ0v) is 14.1. The Morgan fingerprint density at radius 2 is 2.25 bits per heavy atom. The lowest BCUT2D eigenvalue weighted by molar-refractivity contribution is -0.126. The number of rotatable bonds is 2. The van der Waals surface area contributed by atoms with Gasteiger partial charge in [0.2, 0.25) is 5.91 Å². The van der Waals surface area contributed by atoms with Gasteiger partial charge in [0.25, 0.3) is 0 Å². The normalized spacial score (nSPS) is 30.9. The molecule has 3 aliphatic heterocycles. The van der Waals surface area contributed by atoms with Gasteiger partial charge in [0.05, 0.1) is 18.7 Å². The number of nitrogens with zero attached hydrogens (tertiary/aromatic N) is 2. The Hall–Kier alpha value is -1.93. The summed E-state index contributed by atoms with van der Waals surface area (Å²) in [4.78, 5) is 14.6. The van der Waals surface area contributed by atoms with Crippen molar-refractivity contribution in [1.82, 2.24) is 10.2 Å². The second-order valence-corrected chi connectivity index (χ2v) is 7.38. The van der Waals surface area contributed by atoms with Gasteiger partial charge in [-0.05, 0) is 55.9 Å². The fourth-order valence-electron chi connectivity index (χ4n) is 4.35. The Kier molecular flexibility index (Phi) is 4.01. The van der Waals surface area contributed by atoms with Crippen LogP contribution in [0.3, 0.4) is 0 Å². The molecule has 0 spiro atoms. The minimum absolute atomic E-state index is 0.0712. The topological polar surface area (TPSA) is 65.4 Å². The molecule has 0 radical (unpaired) electrons. The monoisotopic (exact) mass is 345 g/mol. The van der Waals surface area contributed by atoms with E-state index in [1.807, 2.05) is 23.1 Å². The second kappa shape index (κ2) is 6.18. The molecule has 2 fully saturated rings. The van der Waals surface area contributed by atoms with E-state index in [1.165, 1.54) is 0 Å². The molecule has 126 valence electrons. The van der Waals surface area contributed by atoms with Crippen molar-refractivity contribution in [2.75, 3.05) is 6.61 Å². The first kappa shape index (κ1) is 15.6. The molecule has 4 rings (SSSR count). The predicted octanol–water partition coefficient (Wildman–Crippen LogP) is 2.48. The highest BCUT2D eigenvalue weighted by molar-refractivity contribution is 6.30. The SMILES string of the molecule is N#CN1[C@H]2CC[C@@H]1[C@H](NC(=O)[C@H]1CCOc3ccc(Cl)cc3C1)C2. The molecule has 6 heteroatoms. The van der Waals surface area contributed by atoms with Crippen LogP contribution in [-0.4, -0.2) is 35.5 Å². The Balaban J connectivity index is 1.45. The Labute approximate surface area is 146 Å². The predicted molar refractivity (Wildman–Crippen MR) is 89.6 cm³/mol. The number of amides is 1. The number of nitrogens with one attached hydrogen (secondary N) is 1. The van der Waals surface area contributed by atoms with Crippen LogP contribution in [0.4, 0.5) is 0 Å². The number of carbonyl (C=O) groups is 1. The average molecular weight is 346 g/mol. The van der Waals surface area contributed by atoms with E-state index in [4.69, 9.17) is 16.3 Å². The number of fused-ring (bicyclic) bond motifs is 3. The third-order valence-electron chi connectivity index (χ3n) is 5.56. The van der Waals surface area contributed by atoms with E-state index in [0.717, 1.165) is 30.6 Å². The van der Waals surface area contributed by atoms with Crippen molar-refractivity contribution in [2.45, 2.75) is 50.2 Å². The van der Waals surface area contributed by atoms with Gasteiger partial charge in [0.15, 0.2) is 6.19 Å². The van der Waals surface area contributed by atoms with Crippen molar-refractivity contribution in [3.05, 3.63) is 28.8 Å². The van der Waals surface area contributed by atoms with Crippen LogP contribution < -0.4 is 10.1 Å². The lowest BCUT2D eigenvalue weighted by atomic mass is 9.92. The molecule has 1 aromatic rings. The highest BCUT2D eigenvalue weighted by atomic mass is 35.5. The van der Waals surface area contributed by atoms with Crippen LogP contribution in [0.15, 0.2) is 18.2 Å². The number of benzene rings is 1. The van der Waals surface area contributed by atoms with Crippen molar-refractivity contribution in [3.63, 3.8) is 0 Å². The molecule has 1 aromatic carbocycles. The maximum Gasteiger partial charge on any atom is 0.223 e. The van der Waals surface area contributed by atoms with E-state index in [2.05, 4.69) is 11.5 Å². The molecular formula is C18H20ClN3O2. The number of hydrogen-bond donors (Lipinski definition) is 1. The summed E-state index contributed by atoms with van der Waals surface area (Å²) in [5, 5.41) is 13.1. The molecule has 5 nitrogen and oxygen atoms in total. The fraction of sp³-hybridized carbons (Fsp3) is 0.556. The van der Waals surface area contributed by atoms with E-state index < -0.39 is 0 Å². The summed E-state index contributed by atoms with van der Waals surface area (Å²) >= 11 is 6.08. The Morgan fingerprint density at radius 3 is 3.04 bits per heavy atom. The van der Waals surface area contributed by atoms with E-state index in [-0.39, 0.29) is 23.9 Å². The van der Waals surface area contributed by atoms with Crippen LogP contribution >= 0.6 is 11.6 Å². The van der Waals surface area contributed by atoms with E-state index in [0.29, 0.717) is 30.5 Å². The molecule has 2 bridgehead atoms. The lowest BCUT2D eigenvalue weighted by Gasteiger charge is -2.24. The maximum atomic E-state index is 12.8. The molecule has 3 aliphatic rings. The molecule has 24 heavy (non-hydrogen) atoms. The first-order valence-corrected chi connectivity index (χ1v) is 8.93. The molecule has 3 heterocycles. The molecule has 0 unspecified atom stereocenters. The maximum absolute atomic E-state index is 12.8. The van der Waals surface area contributed by atoms with Crippen molar-refractivity contribution >= 4 is 17.5 Å². The Bertz CT molecular complexity index is 702. The van der Waals surface area contributed by atoms with Gasteiger partial charge in [-0.3, -0.25) is 4.79 Å². The Morgan fingerprint density at radius 1 is 1.38 bits per heavy atom. The first-order chi connectivity index (χ1) is 11.7. The highest BCUT2D eigenvalue weighted by Gasteiger charge is 2.47. The zero-order valence-electron chi connectivity index (χ0n) is 13.4. The van der Waals surface area contributed by atoms with Crippen LogP contribution in [0.5, 0.6) is 5.75 Å². The van der Waals surface area contributed by atoms with Gasteiger partial charge in [0.1, 0.15) is 5.75 Å². The number of ether oxygens (including phenoxy) is 1. The van der Waals surface area contributed by atoms with Crippen molar-refractivity contribution in [1.29, 1.82) is 5.26 Å². The molecule has 0 aliphatic carbocycles. The van der Waals surface area contributed by atoms with Gasteiger partial charge in [-0.25, -0.2) is 0 Å². The van der Waals surface area contributed by atoms with Gasteiger partial charge in [-0.15, -0.1) is 0 Å². The molecule has 4 atom stereocenters. The van der Waals surface area contributed by atoms with Gasteiger partial charge in [-0.1, -0.05) is 11.6 Å². The molecular weight excluding hydrogens is 326 g/mol. The molecule has 2 saturated heterocycles. The van der Waals surface area contributed by atoms with Crippen LogP contribution in [0.2, 0.25) is 5.02 Å². The average Bonchev–Trinajstić information content (AvgIpc) is 3.03. The summed E-state index contributed by atoms with van der Waals surface area (Å²) in [6.45, 7) is 0.535. The summed E-state index contributed by atoms with van der Waals surface area (Å²) in [7, 11) is 0. The van der Waals surface area contributed by atoms with E-state index in [1.54, 1.807) is 0 Å². The number of halogens is 1. The van der Waals surface area contributed by atoms with Crippen molar-refractivity contribution in [3.8, 4) is 11.9 Å². The van der Waals surface area contributed by atoms with Crippen LogP contribution in [0.1, 0.15) is 31.2 Å². The minimum Gasteiger partial charge on any atom is -0.493 e. The van der Waals surface area contributed by atoms with E-state index in [9.17, 15) is 10.1 Å². The van der Waals surface area contributed by atoms with Crippen molar-refractivity contribution < 1.29 is 9.53 Å². The first-order valence-electron chi connectivity index (χ1n) is 8.55. The third-order valence-corrected chi connectivity index (χ3v) is 5.80. The van der Waals surface area contributed by atoms with Crippen LogP contribution in [0.25, 0.3) is 0 Å². The summed E-state index contributed by atoms with van der Waals surface area (Å²) in [5.41, 5.74) is 0.992. The van der Waals surface area contributed by atoms with Gasteiger partial charge in [-0.2, -0.15) is 5.26 Å². The second-order valence-electron chi connectivity index (χ2n) is 6.95. The number of hydrogen-bond acceptors (Lipinski definition) is 4. The largest absolute Gasteiger partial charge is 0.493 e. The van der Waals surface area contributed by atoms with Gasteiger partial charge < -0.3 is 15.0 Å². The summed E-state index contributed by atoms with van der Waals surface area (Å²) in [5.74, 6) is 0.784. The standard InChI is InChI=1S/C18H20ClN3O2/c19-13-1-4-17-12(8-13)7-11(5-6-24-17)18(23)21-15-9-14-2-3-16(15)22(14)10-20/h1,4,8,11,14-16H,2-3,5-7,9H2,(H,21,23)/t11-,14-,15+,16+/m0/s1. The lowest BCUT2D eigenvalue weighted by Crippen LogP contribution is -2.46. The highest BCUT2D eigenvalue weighted by Crippen LogP contribution is 2.37. The van der Waals surface area contributed by atoms with Crippen LogP contribution in [-0.2, 0) is 11.2 Å². The summed E-state index contributed by atoms with van der Waals surface area (Å²) in [6, 6.07) is 6.15. The summed E-state index contributed by atoms with van der Waals surface area (Å²) in [6.07, 6.45) is 6.57. The third kappa shape index (κ3) is 2.69.